The molecule has 1 atom stereocenters. The first-order chi connectivity index (χ1) is 17.4. The number of pyridine rings is 1. The molecule has 3 rings (SSSR count). The van der Waals surface area contributed by atoms with E-state index in [2.05, 4.69) is 27.2 Å². The molecule has 0 aliphatic heterocycles. The maximum Gasteiger partial charge on any atom is 0.253 e. The van der Waals surface area contributed by atoms with Crippen LogP contribution in [0.25, 0.3) is 0 Å². The lowest BCUT2D eigenvalue weighted by Crippen LogP contribution is -2.35. The van der Waals surface area contributed by atoms with Crippen molar-refractivity contribution in [2.24, 2.45) is 4.99 Å². The number of rotatable bonds is 11. The number of amides is 2. The molecule has 36 heavy (non-hydrogen) atoms. The number of hydrogen-bond donors (Lipinski definition) is 2. The van der Waals surface area contributed by atoms with Crippen molar-refractivity contribution in [3.05, 3.63) is 102 Å². The van der Waals surface area contributed by atoms with Crippen LogP contribution in [0.2, 0.25) is 0 Å². The third kappa shape index (κ3) is 7.09. The van der Waals surface area contributed by atoms with Gasteiger partial charge in [0.25, 0.3) is 11.8 Å². The Hall–Kier alpha value is -4.33. The Bertz CT molecular complexity index is 1240. The Morgan fingerprint density at radius 1 is 1.11 bits per heavy atom. The molecule has 2 amide bonds. The van der Waals surface area contributed by atoms with Gasteiger partial charge in [-0.25, -0.2) is 14.4 Å². The van der Waals surface area contributed by atoms with Crippen LogP contribution in [0.15, 0.2) is 78.4 Å². The molecular formula is C28H29FN4O3. The smallest absolute Gasteiger partial charge is 0.253 e. The number of nitrogens with one attached hydrogen (secondary N) is 2. The molecule has 1 unspecified atom stereocenters. The zero-order valence-electron chi connectivity index (χ0n) is 20.3. The van der Waals surface area contributed by atoms with Crippen molar-refractivity contribution in [1.29, 1.82) is 0 Å². The largest absolute Gasteiger partial charge is 0.496 e. The van der Waals surface area contributed by atoms with Gasteiger partial charge in [0.05, 0.1) is 12.7 Å². The maximum atomic E-state index is 13.7. The number of halogens is 1. The molecule has 0 radical (unpaired) electrons. The van der Waals surface area contributed by atoms with Crippen LogP contribution in [-0.2, 0) is 6.54 Å². The number of methoxy groups -OCH3 is 1. The van der Waals surface area contributed by atoms with E-state index >= 15 is 0 Å². The minimum Gasteiger partial charge on any atom is -0.496 e. The van der Waals surface area contributed by atoms with Crippen LogP contribution < -0.4 is 15.4 Å². The Morgan fingerprint density at radius 2 is 1.92 bits per heavy atom. The number of aromatic nitrogens is 1. The standard InChI is InChI=1S/C28H29FN4O3/c1-4-8-22(33-28(35)23-10-7-12-25(36-3)19(23)2)15-16-30-26-14-13-21(18-31-26)27(34)32-17-20-9-5-6-11-24(20)29/h4-7,9-14,16,18,22H,1,8,15,17H2,2-3H3,(H,32,34)(H,33,35). The van der Waals surface area contributed by atoms with Gasteiger partial charge in [-0.1, -0.05) is 30.3 Å². The summed E-state index contributed by atoms with van der Waals surface area (Å²) in [5.74, 6) is 0.150. The van der Waals surface area contributed by atoms with Crippen LogP contribution >= 0.6 is 0 Å². The number of carbonyl (C=O) groups is 2. The molecule has 186 valence electrons. The maximum absolute atomic E-state index is 13.7. The van der Waals surface area contributed by atoms with Crippen molar-refractivity contribution in [3.63, 3.8) is 0 Å². The summed E-state index contributed by atoms with van der Waals surface area (Å²) in [6, 6.07) is 14.6. The first kappa shape index (κ1) is 26.3. The summed E-state index contributed by atoms with van der Waals surface area (Å²) in [6.45, 7) is 5.69. The van der Waals surface area contributed by atoms with Gasteiger partial charge in [0.15, 0.2) is 5.82 Å². The van der Waals surface area contributed by atoms with Crippen LogP contribution in [0.5, 0.6) is 5.75 Å². The highest BCUT2D eigenvalue weighted by atomic mass is 19.1. The van der Waals surface area contributed by atoms with Crippen molar-refractivity contribution < 1.29 is 18.7 Å². The van der Waals surface area contributed by atoms with Gasteiger partial charge in [0.1, 0.15) is 11.6 Å². The Balaban J connectivity index is 1.56. The molecule has 2 N–H and O–H groups in total. The molecule has 8 heteroatoms. The molecule has 3 aromatic rings. The van der Waals surface area contributed by atoms with Gasteiger partial charge in [0.2, 0.25) is 0 Å². The molecule has 1 heterocycles. The van der Waals surface area contributed by atoms with Gasteiger partial charge in [0, 0.05) is 48.1 Å². The van der Waals surface area contributed by atoms with Crippen molar-refractivity contribution >= 4 is 23.8 Å². The molecule has 7 nitrogen and oxygen atoms in total. The zero-order valence-corrected chi connectivity index (χ0v) is 20.3. The van der Waals surface area contributed by atoms with Crippen molar-refractivity contribution in [3.8, 4) is 5.75 Å². The van der Waals surface area contributed by atoms with E-state index in [9.17, 15) is 14.0 Å². The fourth-order valence-electron chi connectivity index (χ4n) is 3.55. The minimum atomic E-state index is -0.370. The summed E-state index contributed by atoms with van der Waals surface area (Å²) in [7, 11) is 1.57. The quantitative estimate of drug-likeness (QED) is 0.296. The summed E-state index contributed by atoms with van der Waals surface area (Å²) in [6.07, 6.45) is 5.86. The Kier molecular flexibility index (Phi) is 9.45. The zero-order chi connectivity index (χ0) is 25.9. The molecule has 0 bridgehead atoms. The van der Waals surface area contributed by atoms with Crippen LogP contribution in [-0.4, -0.2) is 36.2 Å². The summed E-state index contributed by atoms with van der Waals surface area (Å²) < 4.78 is 19.0. The average molecular weight is 489 g/mol. The molecule has 0 spiro atoms. The van der Waals surface area contributed by atoms with Crippen LogP contribution in [0.3, 0.4) is 0 Å². The van der Waals surface area contributed by atoms with E-state index < -0.39 is 0 Å². The lowest BCUT2D eigenvalue weighted by Gasteiger charge is -2.17. The van der Waals surface area contributed by atoms with Crippen molar-refractivity contribution in [2.75, 3.05) is 7.11 Å². The van der Waals surface area contributed by atoms with Gasteiger partial charge in [-0.2, -0.15) is 0 Å². The second-order valence-corrected chi connectivity index (χ2v) is 8.05. The summed E-state index contributed by atoms with van der Waals surface area (Å²) in [5, 5.41) is 5.69. The van der Waals surface area contributed by atoms with Gasteiger partial charge in [-0.3, -0.25) is 9.59 Å². The average Bonchev–Trinajstić information content (AvgIpc) is 2.88. The Labute approximate surface area is 210 Å². The summed E-state index contributed by atoms with van der Waals surface area (Å²) in [5.41, 5.74) is 2.06. The van der Waals surface area contributed by atoms with Crippen LogP contribution in [0, 0.1) is 12.7 Å². The predicted octanol–water partition coefficient (Wildman–Crippen LogP) is 4.93. The molecule has 0 aliphatic carbocycles. The predicted molar refractivity (Wildman–Crippen MR) is 138 cm³/mol. The van der Waals surface area contributed by atoms with Crippen LogP contribution in [0.1, 0.15) is 44.7 Å². The molecule has 0 aliphatic rings. The lowest BCUT2D eigenvalue weighted by atomic mass is 10.1. The lowest BCUT2D eigenvalue weighted by molar-refractivity contribution is 0.0933. The number of nitrogens with zero attached hydrogens (tertiary/aromatic N) is 2. The fourth-order valence-corrected chi connectivity index (χ4v) is 3.55. The van der Waals surface area contributed by atoms with Gasteiger partial charge in [-0.05, 0) is 43.7 Å². The molecule has 0 saturated carbocycles. The highest BCUT2D eigenvalue weighted by Gasteiger charge is 2.16. The number of ether oxygens (including phenoxy) is 1. The fraction of sp³-hybridized carbons (Fsp3) is 0.214. The van der Waals surface area contributed by atoms with E-state index in [0.29, 0.717) is 41.1 Å². The first-order valence-electron chi connectivity index (χ1n) is 11.5. The van der Waals surface area contributed by atoms with E-state index in [1.807, 2.05) is 13.0 Å². The molecule has 0 fully saturated rings. The van der Waals surface area contributed by atoms with E-state index in [4.69, 9.17) is 4.74 Å². The second-order valence-electron chi connectivity index (χ2n) is 8.05. The van der Waals surface area contributed by atoms with Crippen LogP contribution in [0.4, 0.5) is 10.2 Å². The molecule has 1 aromatic heterocycles. The number of aliphatic imine (C=N–C) groups is 1. The van der Waals surface area contributed by atoms with E-state index in [0.717, 1.165) is 5.56 Å². The van der Waals surface area contributed by atoms with Gasteiger partial charge < -0.3 is 15.4 Å². The normalized spacial score (nSPS) is 11.6. The highest BCUT2D eigenvalue weighted by Crippen LogP contribution is 2.21. The SMILES string of the molecule is C=CCC(CC=Nc1ccc(C(=O)NCc2ccccc2F)cn1)NC(=O)c1cccc(OC)c1C. The number of carbonyl (C=O) groups excluding carboxylic acids is 2. The summed E-state index contributed by atoms with van der Waals surface area (Å²) in [4.78, 5) is 33.7. The molecule has 0 saturated heterocycles. The Morgan fingerprint density at radius 3 is 2.61 bits per heavy atom. The van der Waals surface area contributed by atoms with Gasteiger partial charge in [-0.15, -0.1) is 6.58 Å². The van der Waals surface area contributed by atoms with E-state index in [-0.39, 0.29) is 30.2 Å². The topological polar surface area (TPSA) is 92.7 Å². The van der Waals surface area contributed by atoms with Crippen molar-refractivity contribution in [2.45, 2.75) is 32.4 Å². The summed E-state index contributed by atoms with van der Waals surface area (Å²) >= 11 is 0. The molecular weight excluding hydrogens is 459 g/mol. The van der Waals surface area contributed by atoms with Crippen molar-refractivity contribution in [1.82, 2.24) is 15.6 Å². The third-order valence-electron chi connectivity index (χ3n) is 5.56. The van der Waals surface area contributed by atoms with Gasteiger partial charge >= 0.3 is 0 Å². The van der Waals surface area contributed by atoms with E-state index in [1.165, 1.54) is 12.3 Å². The monoisotopic (exact) mass is 488 g/mol. The minimum absolute atomic E-state index is 0.0805. The first-order valence-corrected chi connectivity index (χ1v) is 11.5. The second kappa shape index (κ2) is 12.9. The van der Waals surface area contributed by atoms with E-state index in [1.54, 1.807) is 61.9 Å². The number of benzene rings is 2. The number of hydrogen-bond acceptors (Lipinski definition) is 5. The third-order valence-corrected chi connectivity index (χ3v) is 5.56. The highest BCUT2D eigenvalue weighted by molar-refractivity contribution is 5.96. The molecule has 2 aromatic carbocycles.